The molecule has 11 aromatic rings. The van der Waals surface area contributed by atoms with Crippen molar-refractivity contribution >= 4 is 137 Å². The van der Waals surface area contributed by atoms with Crippen molar-refractivity contribution in [2.75, 3.05) is 39.5 Å². The lowest BCUT2D eigenvalue weighted by atomic mass is 9.80. The van der Waals surface area contributed by atoms with Crippen LogP contribution in [0.3, 0.4) is 0 Å². The highest BCUT2D eigenvalue weighted by atomic mass is 35.5. The van der Waals surface area contributed by atoms with Crippen molar-refractivity contribution in [2.24, 2.45) is 0 Å². The molecule has 11 aromatic carbocycles. The number of hydrogen-bond donors (Lipinski definition) is 2. The number of nitrogens with zero attached hydrogens (tertiary/aromatic N) is 2. The topological polar surface area (TPSA) is 248 Å². The number of halogens is 4. The molecule has 0 spiro atoms. The number of amides is 6. The summed E-state index contributed by atoms with van der Waals surface area (Å²) in [5, 5.41) is 7.28. The van der Waals surface area contributed by atoms with Crippen molar-refractivity contribution in [3.8, 4) is 46.0 Å². The number of nitrogens with one attached hydrogen (secondary N) is 2. The van der Waals surface area contributed by atoms with Gasteiger partial charge in [-0.25, -0.2) is 9.59 Å². The van der Waals surface area contributed by atoms with E-state index < -0.39 is 72.7 Å². The Hall–Kier alpha value is -10.8. The SMILES string of the molecule is O=C(CCOC(=O)C(Cc1ccccc1)N1C(=O)c2cc(Oc3cccc(Cl)c3)c3c4c(Oc5cccc(Cl)c5)cc5c6c(cc(Oc7cccc(Cl)c7)c(c7c(Oc8cccc(Cl)c8)cc(c2c37)C1=O)c64)C(=O)N(C(Cc1ccccc1)C(=O)OCCC(=O)NCC1CO1)C5=O)NCC1CO1. The van der Waals surface area contributed by atoms with Gasteiger partial charge < -0.3 is 48.5 Å². The van der Waals surface area contributed by atoms with E-state index in [0.29, 0.717) is 24.3 Å². The molecule has 0 aliphatic carbocycles. The zero-order valence-corrected chi connectivity index (χ0v) is 56.7. The van der Waals surface area contributed by atoms with E-state index >= 15 is 19.2 Å². The standard InChI is InChI=1S/C78H56Cl4N4O16/c79-43-15-7-19-47(29-43)99-59-33-53-65-54(74(90)85(73(53)89)57(27-41-11-3-1-4-12-41)77(93)95-25-23-63(87)83-37-51-39-97-51)34-60(100-48-20-8-16-44(80)30-48)68-70-62(102-50-22-10-18-46(82)32-50)36-56-66-55(35-61(69(72(66)70)67(59)71(65)68)101-49-21-9-17-45(81)31-49)75(91)86(76(56)92)58(28-42-13-5-2-6-14-42)78(94)96-26-24-64(88)84-38-52-40-98-52/h1-22,29-36,51-52,57-58H,23-28,37-40H2,(H,83,87)(H,84,88). The van der Waals surface area contributed by atoms with Crippen LogP contribution in [0.1, 0.15) is 65.4 Å². The molecule has 4 aliphatic heterocycles. The second-order valence-electron chi connectivity index (χ2n) is 24.7. The van der Waals surface area contributed by atoms with Crippen molar-refractivity contribution in [3.63, 3.8) is 0 Å². The molecule has 4 unspecified atom stereocenters. The van der Waals surface area contributed by atoms with Crippen LogP contribution in [0, 0.1) is 0 Å². The van der Waals surface area contributed by atoms with Crippen LogP contribution in [0.2, 0.25) is 20.1 Å². The molecule has 102 heavy (non-hydrogen) atoms. The Morgan fingerprint density at radius 3 is 0.961 bits per heavy atom. The average molecular weight is 1450 g/mol. The fourth-order valence-corrected chi connectivity index (χ4v) is 13.7. The molecule has 0 saturated carbocycles. The Labute approximate surface area is 601 Å². The lowest BCUT2D eigenvalue weighted by Crippen LogP contribution is -2.52. The quantitative estimate of drug-likeness (QED) is 0.0168. The Morgan fingerprint density at radius 1 is 0.392 bits per heavy atom. The van der Waals surface area contributed by atoms with Gasteiger partial charge in [0.05, 0.1) is 60.5 Å². The van der Waals surface area contributed by atoms with Gasteiger partial charge in [0.1, 0.15) is 71.3 Å². The molecule has 2 N–H and O–H groups in total. The molecule has 2 saturated heterocycles. The van der Waals surface area contributed by atoms with E-state index in [0.717, 1.165) is 9.80 Å². The summed E-state index contributed by atoms with van der Waals surface area (Å²) in [6.07, 6.45) is -1.17. The number of epoxide rings is 2. The minimum atomic E-state index is -1.66. The van der Waals surface area contributed by atoms with Gasteiger partial charge in [-0.15, -0.1) is 0 Å². The van der Waals surface area contributed by atoms with Crippen LogP contribution in [-0.4, -0.2) is 121 Å². The van der Waals surface area contributed by atoms with Gasteiger partial charge in [0, 0.05) is 89.1 Å². The van der Waals surface area contributed by atoms with Crippen LogP contribution < -0.4 is 29.6 Å². The molecule has 4 aliphatic rings. The fourth-order valence-electron chi connectivity index (χ4n) is 13.0. The third kappa shape index (κ3) is 13.7. The van der Waals surface area contributed by atoms with Gasteiger partial charge in [0.2, 0.25) is 11.8 Å². The van der Waals surface area contributed by atoms with Crippen LogP contribution in [0.5, 0.6) is 46.0 Å². The van der Waals surface area contributed by atoms with Crippen molar-refractivity contribution in [2.45, 2.75) is 50.0 Å². The molecule has 0 radical (unpaired) electrons. The highest BCUT2D eigenvalue weighted by molar-refractivity contribution is 6.45. The third-order valence-corrected chi connectivity index (χ3v) is 18.7. The largest absolute Gasteiger partial charge is 0.464 e. The average Bonchev–Trinajstić information content (AvgIpc) is 0.748. The first kappa shape index (κ1) is 67.0. The fraction of sp³-hybridized carbons (Fsp3) is 0.179. The van der Waals surface area contributed by atoms with E-state index in [9.17, 15) is 19.2 Å². The Kier molecular flexibility index (Phi) is 18.6. The first-order valence-corrected chi connectivity index (χ1v) is 34.0. The van der Waals surface area contributed by atoms with Crippen LogP contribution >= 0.6 is 46.4 Å². The Balaban J connectivity index is 1.01. The zero-order chi connectivity index (χ0) is 70.4. The number of hydrogen-bond acceptors (Lipinski definition) is 16. The number of carbonyl (C=O) groups is 8. The van der Waals surface area contributed by atoms with Gasteiger partial charge in [-0.2, -0.15) is 0 Å². The minimum Gasteiger partial charge on any atom is -0.464 e. The molecule has 512 valence electrons. The van der Waals surface area contributed by atoms with Crippen LogP contribution in [0.4, 0.5) is 0 Å². The van der Waals surface area contributed by atoms with Gasteiger partial charge in [0.25, 0.3) is 23.6 Å². The number of ether oxygens (including phenoxy) is 8. The molecule has 2 fully saturated rings. The van der Waals surface area contributed by atoms with E-state index in [-0.39, 0.29) is 182 Å². The van der Waals surface area contributed by atoms with E-state index in [2.05, 4.69) is 10.6 Å². The minimum absolute atomic E-state index is 0.0303. The summed E-state index contributed by atoms with van der Waals surface area (Å²) in [5.41, 5.74) is 0.479. The predicted octanol–water partition coefficient (Wildman–Crippen LogP) is 14.8. The number of carbonyl (C=O) groups excluding carboxylic acids is 8. The summed E-state index contributed by atoms with van der Waals surface area (Å²) in [4.78, 5) is 123. The smallest absolute Gasteiger partial charge is 0.329 e. The van der Waals surface area contributed by atoms with Crippen molar-refractivity contribution in [3.05, 3.63) is 235 Å². The molecule has 24 heteroatoms. The molecule has 4 atom stereocenters. The summed E-state index contributed by atoms with van der Waals surface area (Å²) in [6.45, 7) is 0.734. The van der Waals surface area contributed by atoms with Gasteiger partial charge in [-0.3, -0.25) is 38.6 Å². The molecule has 4 heterocycles. The Morgan fingerprint density at radius 2 is 0.686 bits per heavy atom. The second kappa shape index (κ2) is 28.3. The van der Waals surface area contributed by atoms with Gasteiger partial charge >= 0.3 is 11.9 Å². The zero-order valence-electron chi connectivity index (χ0n) is 53.6. The third-order valence-electron chi connectivity index (χ3n) is 17.8. The summed E-state index contributed by atoms with van der Waals surface area (Å²) in [6, 6.07) is 45.6. The number of imide groups is 2. The van der Waals surface area contributed by atoms with Crippen LogP contribution in [-0.2, 0) is 51.0 Å². The number of esters is 2. The summed E-state index contributed by atoms with van der Waals surface area (Å²) in [7, 11) is 0. The monoisotopic (exact) mass is 1440 g/mol. The Bertz CT molecular complexity index is 4720. The molecule has 6 amide bonds. The lowest BCUT2D eigenvalue weighted by molar-refractivity contribution is -0.150. The first-order valence-electron chi connectivity index (χ1n) is 32.5. The van der Waals surface area contributed by atoms with E-state index in [4.69, 9.17) is 84.3 Å². The highest BCUT2D eigenvalue weighted by Gasteiger charge is 2.47. The summed E-state index contributed by atoms with van der Waals surface area (Å²) in [5.74, 6) is -6.43. The maximum atomic E-state index is 16.3. The maximum Gasteiger partial charge on any atom is 0.329 e. The normalized spacial score (nSPS) is 15.7. The highest BCUT2D eigenvalue weighted by Crippen LogP contribution is 2.58. The molecule has 0 aromatic heterocycles. The van der Waals surface area contributed by atoms with E-state index in [1.807, 2.05) is 0 Å². The van der Waals surface area contributed by atoms with Gasteiger partial charge in [0.15, 0.2) is 0 Å². The number of benzene rings is 11. The summed E-state index contributed by atoms with van der Waals surface area (Å²) < 4.78 is 50.4. The maximum absolute atomic E-state index is 16.3. The number of fused-ring (bicyclic) bond motifs is 2. The molecular weight excluding hydrogens is 1390 g/mol. The van der Waals surface area contributed by atoms with Gasteiger partial charge in [-0.05, 0) is 108 Å². The van der Waals surface area contributed by atoms with E-state index in [1.165, 1.54) is 48.5 Å². The van der Waals surface area contributed by atoms with Crippen LogP contribution in [0.25, 0.3) is 43.1 Å². The summed E-state index contributed by atoms with van der Waals surface area (Å²) >= 11 is 27.0. The molecule has 20 nitrogen and oxygen atoms in total. The first-order chi connectivity index (χ1) is 49.5. The number of rotatable bonds is 26. The molecular formula is C78H56Cl4N4O16. The predicted molar refractivity (Wildman–Crippen MR) is 379 cm³/mol. The van der Waals surface area contributed by atoms with Gasteiger partial charge in [-0.1, -0.05) is 131 Å². The molecule has 15 rings (SSSR count). The van der Waals surface area contributed by atoms with Crippen molar-refractivity contribution in [1.82, 2.24) is 20.4 Å². The van der Waals surface area contributed by atoms with Crippen molar-refractivity contribution in [1.29, 1.82) is 0 Å². The lowest BCUT2D eigenvalue weighted by Gasteiger charge is -2.35. The van der Waals surface area contributed by atoms with Crippen LogP contribution in [0.15, 0.2) is 182 Å². The van der Waals surface area contributed by atoms with E-state index in [1.54, 1.807) is 133 Å². The molecule has 0 bridgehead atoms. The second-order valence-corrected chi connectivity index (χ2v) is 26.4. The van der Waals surface area contributed by atoms with Crippen molar-refractivity contribution < 1.29 is 76.3 Å².